The van der Waals surface area contributed by atoms with Gasteiger partial charge in [-0.05, 0) is 19.8 Å². The van der Waals surface area contributed by atoms with Crippen LogP contribution in [-0.4, -0.2) is 47.3 Å². The van der Waals surface area contributed by atoms with Crippen LogP contribution in [-0.2, 0) is 11.3 Å². The van der Waals surface area contributed by atoms with E-state index in [1.807, 2.05) is 12.5 Å². The summed E-state index contributed by atoms with van der Waals surface area (Å²) in [4.78, 5) is 6.73. The van der Waals surface area contributed by atoms with Gasteiger partial charge in [-0.15, -0.1) is 0 Å². The van der Waals surface area contributed by atoms with Crippen molar-refractivity contribution in [3.05, 3.63) is 18.2 Å². The molecule has 2 N–H and O–H groups in total. The summed E-state index contributed by atoms with van der Waals surface area (Å²) < 4.78 is 7.39. The van der Waals surface area contributed by atoms with E-state index in [0.29, 0.717) is 12.6 Å². The minimum atomic E-state index is 0.259. The lowest BCUT2D eigenvalue weighted by Gasteiger charge is -2.31. The molecule has 2 rings (SSSR count). The summed E-state index contributed by atoms with van der Waals surface area (Å²) in [6.07, 6.45) is 6.39. The molecule has 1 atom stereocenters. The van der Waals surface area contributed by atoms with Crippen molar-refractivity contribution < 1.29 is 4.74 Å². The number of imidazole rings is 1. The lowest BCUT2D eigenvalue weighted by molar-refractivity contribution is 0.113. The summed E-state index contributed by atoms with van der Waals surface area (Å²) >= 11 is 0. The van der Waals surface area contributed by atoms with Crippen molar-refractivity contribution in [2.75, 3.05) is 26.8 Å². The molecule has 5 nitrogen and oxygen atoms in total. The van der Waals surface area contributed by atoms with Gasteiger partial charge in [-0.25, -0.2) is 4.98 Å². The van der Waals surface area contributed by atoms with Crippen LogP contribution in [0.2, 0.25) is 0 Å². The molecule has 0 aromatic carbocycles. The van der Waals surface area contributed by atoms with E-state index < -0.39 is 0 Å². The minimum Gasteiger partial charge on any atom is -0.383 e. The number of aromatic nitrogens is 2. The Morgan fingerprint density at radius 2 is 2.39 bits per heavy atom. The van der Waals surface area contributed by atoms with Crippen LogP contribution in [0.1, 0.15) is 31.5 Å². The lowest BCUT2D eigenvalue weighted by Crippen LogP contribution is -2.38. The third-order valence-corrected chi connectivity index (χ3v) is 3.62. The number of hydrogen-bond donors (Lipinski definition) is 1. The third kappa shape index (κ3) is 2.91. The Bertz CT molecular complexity index is 362. The van der Waals surface area contributed by atoms with Crippen molar-refractivity contribution in [2.24, 2.45) is 5.73 Å². The molecule has 1 fully saturated rings. The first-order chi connectivity index (χ1) is 8.81. The van der Waals surface area contributed by atoms with Crippen molar-refractivity contribution in [1.29, 1.82) is 0 Å². The van der Waals surface area contributed by atoms with Gasteiger partial charge in [0.1, 0.15) is 0 Å². The van der Waals surface area contributed by atoms with Crippen molar-refractivity contribution in [1.82, 2.24) is 14.5 Å². The van der Waals surface area contributed by atoms with Gasteiger partial charge in [0.05, 0.1) is 24.7 Å². The molecule has 0 radical (unpaired) electrons. The largest absolute Gasteiger partial charge is 0.383 e. The van der Waals surface area contributed by atoms with Crippen LogP contribution in [0.15, 0.2) is 12.5 Å². The molecule has 5 heteroatoms. The predicted molar refractivity (Wildman–Crippen MR) is 71.3 cm³/mol. The van der Waals surface area contributed by atoms with Crippen molar-refractivity contribution in [3.8, 4) is 0 Å². The number of hydrogen-bond acceptors (Lipinski definition) is 4. The molecule has 0 amide bonds. The van der Waals surface area contributed by atoms with Crippen LogP contribution in [0.25, 0.3) is 0 Å². The smallest absolute Gasteiger partial charge is 0.0948 e. The number of methoxy groups -OCH3 is 1. The summed E-state index contributed by atoms with van der Waals surface area (Å²) in [6, 6.07) is 0.934. The topological polar surface area (TPSA) is 56.3 Å². The highest BCUT2D eigenvalue weighted by molar-refractivity contribution is 5.08. The number of ether oxygens (including phenoxy) is 1. The van der Waals surface area contributed by atoms with E-state index >= 15 is 0 Å². The van der Waals surface area contributed by atoms with Gasteiger partial charge in [0.15, 0.2) is 0 Å². The first kappa shape index (κ1) is 13.5. The molecule has 102 valence electrons. The van der Waals surface area contributed by atoms with Gasteiger partial charge >= 0.3 is 0 Å². The monoisotopic (exact) mass is 252 g/mol. The molecule has 1 aromatic heterocycles. The van der Waals surface area contributed by atoms with E-state index in [-0.39, 0.29) is 6.04 Å². The Morgan fingerprint density at radius 3 is 2.94 bits per heavy atom. The summed E-state index contributed by atoms with van der Waals surface area (Å²) in [5, 5.41) is 0. The van der Waals surface area contributed by atoms with Crippen molar-refractivity contribution in [2.45, 2.75) is 38.4 Å². The fourth-order valence-corrected chi connectivity index (χ4v) is 2.49. The highest BCUT2D eigenvalue weighted by Crippen LogP contribution is 2.33. The molecule has 1 saturated carbocycles. The highest BCUT2D eigenvalue weighted by atomic mass is 16.5. The maximum atomic E-state index is 6.00. The number of nitrogens with two attached hydrogens (primary N) is 1. The summed E-state index contributed by atoms with van der Waals surface area (Å²) in [5.74, 6) is 0. The van der Waals surface area contributed by atoms with Gasteiger partial charge in [0.25, 0.3) is 0 Å². The Hall–Kier alpha value is -0.910. The highest BCUT2D eigenvalue weighted by Gasteiger charge is 2.34. The Balaban J connectivity index is 2.14. The van der Waals surface area contributed by atoms with E-state index in [0.717, 1.165) is 19.7 Å². The zero-order valence-electron chi connectivity index (χ0n) is 11.4. The van der Waals surface area contributed by atoms with Crippen molar-refractivity contribution in [3.63, 3.8) is 0 Å². The SMILES string of the molecule is CCn1cncc1C(CN)N(CCOC)C1CC1. The molecule has 1 unspecified atom stereocenters. The van der Waals surface area contributed by atoms with Gasteiger partial charge in [0.2, 0.25) is 0 Å². The minimum absolute atomic E-state index is 0.259. The number of aryl methyl sites for hydroxylation is 1. The average molecular weight is 252 g/mol. The molecule has 18 heavy (non-hydrogen) atoms. The van der Waals surface area contributed by atoms with Gasteiger partial charge in [-0.2, -0.15) is 0 Å². The van der Waals surface area contributed by atoms with E-state index in [9.17, 15) is 0 Å². The Labute approximate surface area is 109 Å². The van der Waals surface area contributed by atoms with Gasteiger partial charge < -0.3 is 15.0 Å². The third-order valence-electron chi connectivity index (χ3n) is 3.62. The zero-order chi connectivity index (χ0) is 13.0. The second-order valence-corrected chi connectivity index (χ2v) is 4.82. The standard InChI is InChI=1S/C13H24N4O/c1-3-16-10-15-9-13(16)12(8-14)17(6-7-18-2)11-4-5-11/h9-12H,3-8,14H2,1-2H3. The molecule has 1 heterocycles. The fraction of sp³-hybridized carbons (Fsp3) is 0.769. The van der Waals surface area contributed by atoms with E-state index in [1.54, 1.807) is 7.11 Å². The second-order valence-electron chi connectivity index (χ2n) is 4.82. The van der Waals surface area contributed by atoms with Gasteiger partial charge in [0, 0.05) is 39.0 Å². The molecule has 0 aliphatic heterocycles. The van der Waals surface area contributed by atoms with Crippen LogP contribution < -0.4 is 5.73 Å². The van der Waals surface area contributed by atoms with E-state index in [2.05, 4.69) is 21.4 Å². The molecular formula is C13H24N4O. The van der Waals surface area contributed by atoms with Crippen LogP contribution in [0.5, 0.6) is 0 Å². The van der Waals surface area contributed by atoms with Crippen LogP contribution in [0, 0.1) is 0 Å². The number of rotatable bonds is 8. The van der Waals surface area contributed by atoms with Crippen LogP contribution >= 0.6 is 0 Å². The molecule has 0 saturated heterocycles. The van der Waals surface area contributed by atoms with Gasteiger partial charge in [-0.1, -0.05) is 0 Å². The lowest BCUT2D eigenvalue weighted by atomic mass is 10.1. The maximum Gasteiger partial charge on any atom is 0.0948 e. The Kier molecular flexibility index (Phi) is 4.74. The molecular weight excluding hydrogens is 228 g/mol. The molecule has 1 aliphatic carbocycles. The van der Waals surface area contributed by atoms with Gasteiger partial charge in [-0.3, -0.25) is 4.90 Å². The van der Waals surface area contributed by atoms with Crippen LogP contribution in [0.4, 0.5) is 0 Å². The fourth-order valence-electron chi connectivity index (χ4n) is 2.49. The van der Waals surface area contributed by atoms with Crippen LogP contribution in [0.3, 0.4) is 0 Å². The molecule has 1 aromatic rings. The summed E-state index contributed by atoms with van der Waals surface area (Å²) in [5.41, 5.74) is 7.23. The maximum absolute atomic E-state index is 6.00. The first-order valence-corrected chi connectivity index (χ1v) is 6.76. The van der Waals surface area contributed by atoms with Crippen molar-refractivity contribution >= 4 is 0 Å². The molecule has 0 spiro atoms. The number of nitrogens with zero attached hydrogens (tertiary/aromatic N) is 3. The average Bonchev–Trinajstić information content (AvgIpc) is 3.12. The normalized spacial score (nSPS) is 17.3. The second kappa shape index (κ2) is 6.31. The molecule has 0 bridgehead atoms. The quantitative estimate of drug-likeness (QED) is 0.750. The molecule has 1 aliphatic rings. The summed E-state index contributed by atoms with van der Waals surface area (Å²) in [6.45, 7) is 5.40. The predicted octanol–water partition coefficient (Wildman–Crippen LogP) is 1.01. The summed E-state index contributed by atoms with van der Waals surface area (Å²) in [7, 11) is 1.75. The first-order valence-electron chi connectivity index (χ1n) is 6.76. The van der Waals surface area contributed by atoms with E-state index in [1.165, 1.54) is 18.5 Å². The zero-order valence-corrected chi connectivity index (χ0v) is 11.4. The van der Waals surface area contributed by atoms with E-state index in [4.69, 9.17) is 10.5 Å². The Morgan fingerprint density at radius 1 is 1.61 bits per heavy atom.